The van der Waals surface area contributed by atoms with Crippen LogP contribution in [0.4, 0.5) is 5.69 Å². The Hall–Kier alpha value is -3.57. The van der Waals surface area contributed by atoms with Crippen molar-refractivity contribution in [2.24, 2.45) is 0 Å². The van der Waals surface area contributed by atoms with Crippen LogP contribution < -0.4 is 13.8 Å². The molecule has 0 aliphatic carbocycles. The van der Waals surface area contributed by atoms with E-state index in [4.69, 9.17) is 14.6 Å². The van der Waals surface area contributed by atoms with Crippen molar-refractivity contribution in [1.82, 2.24) is 9.97 Å². The highest BCUT2D eigenvalue weighted by Gasteiger charge is 2.26. The molecule has 3 rings (SSSR count). The Morgan fingerprint density at radius 2 is 2.06 bits per heavy atom. The Kier molecular flexibility index (Phi) is 7.68. The largest absolute Gasteiger partial charge is 0.755 e. The van der Waals surface area contributed by atoms with E-state index < -0.39 is 29.7 Å². The zero-order valence-electron chi connectivity index (χ0n) is 17.0. The number of aromatic nitrogens is 2. The lowest BCUT2D eigenvalue weighted by Gasteiger charge is -2.31. The Balaban J connectivity index is 1.88. The number of hydrogen-bond acceptors (Lipinski definition) is 8. The van der Waals surface area contributed by atoms with Gasteiger partial charge in [0.1, 0.15) is 18.0 Å². The summed E-state index contributed by atoms with van der Waals surface area (Å²) >= 11 is -2.96. The van der Waals surface area contributed by atoms with Gasteiger partial charge in [0.2, 0.25) is 11.8 Å². The van der Waals surface area contributed by atoms with Gasteiger partial charge in [0.15, 0.2) is 0 Å². The molecular weight excluding hydrogens is 438 g/mol. The summed E-state index contributed by atoms with van der Waals surface area (Å²) in [5, 5.41) is 10.00. The molecule has 0 aliphatic heterocycles. The summed E-state index contributed by atoms with van der Waals surface area (Å²) < 4.78 is 35.3. The van der Waals surface area contributed by atoms with Gasteiger partial charge in [-0.3, -0.25) is 18.3 Å². The third kappa shape index (κ3) is 5.37. The van der Waals surface area contributed by atoms with Gasteiger partial charge >= 0.3 is 5.97 Å². The van der Waals surface area contributed by atoms with Gasteiger partial charge in [0, 0.05) is 35.3 Å². The van der Waals surface area contributed by atoms with E-state index in [0.717, 1.165) is 16.5 Å². The number of carboxylic acids is 1. The quantitative estimate of drug-likeness (QED) is 0.337. The minimum absolute atomic E-state index is 0.0722. The zero-order valence-corrected chi connectivity index (χ0v) is 17.9. The predicted octanol–water partition coefficient (Wildman–Crippen LogP) is 1.90. The SMILES string of the molecule is COc1ccc(N(C(C=O)CC(=O)O)S(=O)[O-])c(OCCc2ccnc3ccccc23)n1. The van der Waals surface area contributed by atoms with E-state index in [2.05, 4.69) is 9.97 Å². The highest BCUT2D eigenvalue weighted by molar-refractivity contribution is 7.80. The number of benzene rings is 1. The molecule has 2 aromatic heterocycles. The molecule has 0 radical (unpaired) electrons. The van der Waals surface area contributed by atoms with Gasteiger partial charge in [0.25, 0.3) is 0 Å². The monoisotopic (exact) mass is 458 g/mol. The first-order valence-electron chi connectivity index (χ1n) is 9.50. The van der Waals surface area contributed by atoms with E-state index in [9.17, 15) is 18.4 Å². The second kappa shape index (κ2) is 10.6. The van der Waals surface area contributed by atoms with Crippen molar-refractivity contribution in [2.45, 2.75) is 18.9 Å². The van der Waals surface area contributed by atoms with E-state index in [1.54, 1.807) is 6.20 Å². The molecule has 3 aromatic rings. The van der Waals surface area contributed by atoms with Gasteiger partial charge in [-0.1, -0.05) is 18.2 Å². The van der Waals surface area contributed by atoms with Crippen LogP contribution in [0.2, 0.25) is 0 Å². The molecule has 2 unspecified atom stereocenters. The summed E-state index contributed by atoms with van der Waals surface area (Å²) in [4.78, 5) is 31.0. The van der Waals surface area contributed by atoms with Gasteiger partial charge in [0.05, 0.1) is 25.7 Å². The number of carbonyl (C=O) groups excluding carboxylic acids is 1. The van der Waals surface area contributed by atoms with Gasteiger partial charge in [-0.05, 0) is 23.8 Å². The molecule has 10 nitrogen and oxygen atoms in total. The van der Waals surface area contributed by atoms with Crippen molar-refractivity contribution in [1.29, 1.82) is 0 Å². The second-order valence-electron chi connectivity index (χ2n) is 6.61. The minimum Gasteiger partial charge on any atom is -0.755 e. The standard InChI is InChI=1S/C21H21N3O7S/c1-30-19-7-6-18(24(32(28)29)15(13-25)12-20(26)27)21(23-19)31-11-9-14-8-10-22-17-5-3-2-4-16(14)17/h2-8,10,13,15H,9,11-12H2,1H3,(H,26,27)(H,28,29)/p-1. The lowest BCUT2D eigenvalue weighted by Crippen LogP contribution is -2.40. The molecule has 32 heavy (non-hydrogen) atoms. The molecule has 11 heteroatoms. The molecule has 2 atom stereocenters. The van der Waals surface area contributed by atoms with Gasteiger partial charge in [-0.25, -0.2) is 0 Å². The molecule has 1 aromatic carbocycles. The highest BCUT2D eigenvalue weighted by atomic mass is 32.2. The summed E-state index contributed by atoms with van der Waals surface area (Å²) in [6.45, 7) is 0.130. The van der Waals surface area contributed by atoms with Crippen molar-refractivity contribution in [3.63, 3.8) is 0 Å². The number of rotatable bonds is 11. The predicted molar refractivity (Wildman–Crippen MR) is 115 cm³/mol. The van der Waals surface area contributed by atoms with E-state index in [1.807, 2.05) is 30.3 Å². The maximum atomic E-state index is 11.9. The number of hydrogen-bond donors (Lipinski definition) is 1. The van der Waals surface area contributed by atoms with Crippen molar-refractivity contribution in [3.05, 3.63) is 54.2 Å². The number of anilines is 1. The molecular formula is C21H20N3O7S-. The maximum absolute atomic E-state index is 11.9. The van der Waals surface area contributed by atoms with Gasteiger partial charge in [-0.2, -0.15) is 4.98 Å². The van der Waals surface area contributed by atoms with Crippen LogP contribution in [-0.2, 0) is 27.3 Å². The summed E-state index contributed by atoms with van der Waals surface area (Å²) in [5.41, 5.74) is 1.73. The smallest absolute Gasteiger partial charge is 0.305 e. The number of pyridine rings is 2. The van der Waals surface area contributed by atoms with Crippen molar-refractivity contribution < 1.29 is 32.9 Å². The third-order valence-corrected chi connectivity index (χ3v) is 5.40. The number of fused-ring (bicyclic) bond motifs is 1. The summed E-state index contributed by atoms with van der Waals surface area (Å²) in [6.07, 6.45) is 1.69. The molecule has 168 valence electrons. The van der Waals surface area contributed by atoms with E-state index >= 15 is 0 Å². The normalized spacial score (nSPS) is 12.7. The number of aliphatic carboxylic acids is 1. The van der Waals surface area contributed by atoms with Crippen molar-refractivity contribution >= 4 is 40.1 Å². The summed E-state index contributed by atoms with van der Waals surface area (Å²) in [6, 6.07) is 10.8. The molecule has 0 fully saturated rings. The number of para-hydroxylation sites is 1. The fourth-order valence-corrected chi connectivity index (χ4v) is 3.81. The molecule has 0 saturated heterocycles. The number of carboxylic acid groups (broad SMARTS) is 1. The van der Waals surface area contributed by atoms with E-state index in [1.165, 1.54) is 19.2 Å². The molecule has 0 aliphatic rings. The van der Waals surface area contributed by atoms with Crippen LogP contribution in [0.25, 0.3) is 10.9 Å². The Labute approximate surface area is 186 Å². The van der Waals surface area contributed by atoms with Crippen LogP contribution in [-0.4, -0.2) is 55.9 Å². The fraction of sp³-hybridized carbons (Fsp3) is 0.238. The average molecular weight is 458 g/mol. The molecule has 0 bridgehead atoms. The average Bonchev–Trinajstić information content (AvgIpc) is 2.79. The fourth-order valence-electron chi connectivity index (χ4n) is 3.17. The van der Waals surface area contributed by atoms with E-state index in [0.29, 0.717) is 10.7 Å². The van der Waals surface area contributed by atoms with Crippen molar-refractivity contribution in [2.75, 3.05) is 18.0 Å². The third-order valence-electron chi connectivity index (χ3n) is 4.61. The molecule has 0 spiro atoms. The summed E-state index contributed by atoms with van der Waals surface area (Å²) in [5.74, 6) is -1.27. The Morgan fingerprint density at radius 3 is 2.75 bits per heavy atom. The van der Waals surface area contributed by atoms with Crippen LogP contribution in [0, 0.1) is 0 Å². The zero-order chi connectivity index (χ0) is 23.1. The number of ether oxygens (including phenoxy) is 2. The van der Waals surface area contributed by atoms with Gasteiger partial charge < -0.3 is 23.9 Å². The highest BCUT2D eigenvalue weighted by Crippen LogP contribution is 2.32. The molecule has 0 amide bonds. The first-order chi connectivity index (χ1) is 15.4. The topological polar surface area (TPSA) is 142 Å². The number of methoxy groups -OCH3 is 1. The second-order valence-corrected chi connectivity index (χ2v) is 7.44. The first-order valence-corrected chi connectivity index (χ1v) is 10.5. The Bertz CT molecular complexity index is 1140. The van der Waals surface area contributed by atoms with Crippen LogP contribution in [0.5, 0.6) is 11.8 Å². The first kappa shape index (κ1) is 23.1. The minimum atomic E-state index is -2.96. The Morgan fingerprint density at radius 1 is 1.28 bits per heavy atom. The van der Waals surface area contributed by atoms with E-state index in [-0.39, 0.29) is 30.3 Å². The molecule has 1 N–H and O–H groups in total. The lowest BCUT2D eigenvalue weighted by molar-refractivity contribution is -0.138. The van der Waals surface area contributed by atoms with Crippen LogP contribution in [0.3, 0.4) is 0 Å². The number of carbonyl (C=O) groups is 2. The van der Waals surface area contributed by atoms with Gasteiger partial charge in [-0.15, -0.1) is 0 Å². The molecule has 0 saturated carbocycles. The number of nitrogens with zero attached hydrogens (tertiary/aromatic N) is 3. The van der Waals surface area contributed by atoms with Crippen LogP contribution in [0.15, 0.2) is 48.7 Å². The van der Waals surface area contributed by atoms with Crippen LogP contribution in [0.1, 0.15) is 12.0 Å². The van der Waals surface area contributed by atoms with Crippen LogP contribution >= 0.6 is 0 Å². The maximum Gasteiger partial charge on any atom is 0.305 e. The lowest BCUT2D eigenvalue weighted by atomic mass is 10.1. The molecule has 2 heterocycles. The summed E-state index contributed by atoms with van der Waals surface area (Å²) in [7, 11) is 1.39. The number of aldehydes is 1. The van der Waals surface area contributed by atoms with Crippen molar-refractivity contribution in [3.8, 4) is 11.8 Å².